The number of phenols is 1. The van der Waals surface area contributed by atoms with E-state index < -0.39 is 0 Å². The minimum Gasteiger partial charge on any atom is -0.508 e. The number of phenolic OH excluding ortho intramolecular Hbond substituents is 1. The first kappa shape index (κ1) is 10.4. The summed E-state index contributed by atoms with van der Waals surface area (Å²) in [6, 6.07) is 10.9. The van der Waals surface area contributed by atoms with Gasteiger partial charge in [0.05, 0.1) is 10.2 Å². The summed E-state index contributed by atoms with van der Waals surface area (Å²) in [5.74, 6) is 0.263. The summed E-state index contributed by atoms with van der Waals surface area (Å²) < 4.78 is 2.93. The van der Waals surface area contributed by atoms with Crippen molar-refractivity contribution in [1.29, 1.82) is 0 Å². The molecule has 1 N–H and O–H groups in total. The van der Waals surface area contributed by atoms with Gasteiger partial charge >= 0.3 is 0 Å². The predicted octanol–water partition coefficient (Wildman–Crippen LogP) is 3.47. The monoisotopic (exact) mass is 288 g/mol. The van der Waals surface area contributed by atoms with E-state index in [1.807, 2.05) is 41.1 Å². The summed E-state index contributed by atoms with van der Waals surface area (Å²) in [6.07, 6.45) is 3.92. The van der Waals surface area contributed by atoms with Gasteiger partial charge in [-0.15, -0.1) is 0 Å². The largest absolute Gasteiger partial charge is 0.508 e. The number of aromatic nitrogens is 2. The number of pyridine rings is 1. The molecule has 2 heterocycles. The van der Waals surface area contributed by atoms with Crippen molar-refractivity contribution in [3.63, 3.8) is 0 Å². The normalized spacial score (nSPS) is 10.9. The fourth-order valence-corrected chi connectivity index (χ4v) is 2.20. The van der Waals surface area contributed by atoms with Gasteiger partial charge in [-0.1, -0.05) is 0 Å². The molecule has 0 fully saturated rings. The Morgan fingerprint density at radius 2 is 1.88 bits per heavy atom. The number of benzene rings is 1. The maximum absolute atomic E-state index is 9.25. The maximum atomic E-state index is 9.25. The highest BCUT2D eigenvalue weighted by molar-refractivity contribution is 9.10. The van der Waals surface area contributed by atoms with Gasteiger partial charge in [0, 0.05) is 18.0 Å². The van der Waals surface area contributed by atoms with Crippen molar-refractivity contribution in [2.45, 2.75) is 0 Å². The lowest BCUT2D eigenvalue weighted by Crippen LogP contribution is -1.80. The third-order valence-electron chi connectivity index (χ3n) is 2.60. The molecule has 1 aromatic carbocycles. The number of hydrogen-bond donors (Lipinski definition) is 1. The first-order valence-electron chi connectivity index (χ1n) is 5.17. The molecule has 0 aliphatic rings. The lowest BCUT2D eigenvalue weighted by molar-refractivity contribution is 0.475. The van der Waals surface area contributed by atoms with Crippen molar-refractivity contribution >= 4 is 21.6 Å². The molecule has 0 aliphatic heterocycles. The molecule has 0 saturated carbocycles. The number of rotatable bonds is 1. The zero-order chi connectivity index (χ0) is 11.8. The highest BCUT2D eigenvalue weighted by Crippen LogP contribution is 2.24. The van der Waals surface area contributed by atoms with Crippen LogP contribution in [0.3, 0.4) is 0 Å². The van der Waals surface area contributed by atoms with E-state index in [0.717, 1.165) is 21.4 Å². The van der Waals surface area contributed by atoms with Crippen molar-refractivity contribution < 1.29 is 5.11 Å². The van der Waals surface area contributed by atoms with Crippen LogP contribution in [0.5, 0.6) is 5.75 Å². The van der Waals surface area contributed by atoms with Crippen LogP contribution in [0.4, 0.5) is 0 Å². The molecule has 2 aromatic heterocycles. The third-order valence-corrected chi connectivity index (χ3v) is 3.22. The van der Waals surface area contributed by atoms with E-state index in [9.17, 15) is 5.11 Å². The van der Waals surface area contributed by atoms with Crippen molar-refractivity contribution in [3.8, 4) is 17.0 Å². The molecular weight excluding hydrogens is 280 g/mol. The average molecular weight is 289 g/mol. The first-order chi connectivity index (χ1) is 8.24. The second kappa shape index (κ2) is 3.89. The van der Waals surface area contributed by atoms with Crippen molar-refractivity contribution in [3.05, 3.63) is 53.3 Å². The number of fused-ring (bicyclic) bond motifs is 1. The summed E-state index contributed by atoms with van der Waals surface area (Å²) in [5, 5.41) is 9.25. The molecule has 0 radical (unpaired) electrons. The third kappa shape index (κ3) is 1.80. The van der Waals surface area contributed by atoms with Crippen LogP contribution in [0.1, 0.15) is 0 Å². The zero-order valence-electron chi connectivity index (χ0n) is 8.84. The fourth-order valence-electron chi connectivity index (χ4n) is 1.75. The van der Waals surface area contributed by atoms with Crippen LogP contribution in [0, 0.1) is 0 Å². The minimum atomic E-state index is 0.263. The lowest BCUT2D eigenvalue weighted by Gasteiger charge is -1.95. The fraction of sp³-hybridized carbons (Fsp3) is 0. The van der Waals surface area contributed by atoms with Crippen LogP contribution in [0.15, 0.2) is 53.3 Å². The topological polar surface area (TPSA) is 37.5 Å². The summed E-state index contributed by atoms with van der Waals surface area (Å²) in [5.41, 5.74) is 2.76. The van der Waals surface area contributed by atoms with Gasteiger partial charge in [0.1, 0.15) is 5.75 Å². The van der Waals surface area contributed by atoms with E-state index in [1.54, 1.807) is 12.1 Å². The Labute approximate surface area is 106 Å². The van der Waals surface area contributed by atoms with Crippen LogP contribution in [0.25, 0.3) is 16.9 Å². The van der Waals surface area contributed by atoms with Crippen LogP contribution < -0.4 is 0 Å². The zero-order valence-corrected chi connectivity index (χ0v) is 10.4. The molecule has 3 aromatic rings. The standard InChI is InChI=1S/C13H9BrN2O/c14-11-2-1-7-16-8-12(15-13(11)16)9-3-5-10(17)6-4-9/h1-8,17H. The Balaban J connectivity index is 2.18. The first-order valence-corrected chi connectivity index (χ1v) is 5.96. The van der Waals surface area contributed by atoms with Crippen LogP contribution in [-0.2, 0) is 0 Å². The summed E-state index contributed by atoms with van der Waals surface area (Å²) in [7, 11) is 0. The van der Waals surface area contributed by atoms with Crippen molar-refractivity contribution in [1.82, 2.24) is 9.38 Å². The van der Waals surface area contributed by atoms with Gasteiger partial charge in [-0.05, 0) is 52.3 Å². The molecule has 0 spiro atoms. The molecule has 4 heteroatoms. The molecule has 0 bridgehead atoms. The van der Waals surface area contributed by atoms with Gasteiger partial charge in [-0.2, -0.15) is 0 Å². The van der Waals surface area contributed by atoms with Gasteiger partial charge in [-0.25, -0.2) is 4.98 Å². The van der Waals surface area contributed by atoms with E-state index in [1.165, 1.54) is 0 Å². The SMILES string of the molecule is Oc1ccc(-c2cn3cccc(Br)c3n2)cc1. The minimum absolute atomic E-state index is 0.263. The summed E-state index contributed by atoms with van der Waals surface area (Å²) >= 11 is 3.47. The lowest BCUT2D eigenvalue weighted by atomic mass is 10.2. The van der Waals surface area contributed by atoms with Crippen molar-refractivity contribution in [2.75, 3.05) is 0 Å². The Hall–Kier alpha value is -1.81. The quantitative estimate of drug-likeness (QED) is 0.744. The van der Waals surface area contributed by atoms with Gasteiger partial charge in [0.15, 0.2) is 5.65 Å². The number of imidazole rings is 1. The van der Waals surface area contributed by atoms with Gasteiger partial charge in [0.25, 0.3) is 0 Å². The van der Waals surface area contributed by atoms with E-state index in [-0.39, 0.29) is 5.75 Å². The van der Waals surface area contributed by atoms with Gasteiger partial charge < -0.3 is 9.51 Å². The van der Waals surface area contributed by atoms with Gasteiger partial charge in [0.2, 0.25) is 0 Å². The molecule has 0 unspecified atom stereocenters. The van der Waals surface area contributed by atoms with E-state index >= 15 is 0 Å². The molecule has 0 amide bonds. The molecule has 0 saturated heterocycles. The molecule has 0 aliphatic carbocycles. The number of aromatic hydroxyl groups is 1. The summed E-state index contributed by atoms with van der Waals surface area (Å²) in [6.45, 7) is 0. The number of hydrogen-bond acceptors (Lipinski definition) is 2. The molecule has 84 valence electrons. The second-order valence-corrected chi connectivity index (χ2v) is 4.61. The molecule has 0 atom stereocenters. The average Bonchev–Trinajstić information content (AvgIpc) is 2.75. The Bertz CT molecular complexity index is 673. The van der Waals surface area contributed by atoms with Crippen molar-refractivity contribution in [2.24, 2.45) is 0 Å². The van der Waals surface area contributed by atoms with Crippen LogP contribution in [0.2, 0.25) is 0 Å². The van der Waals surface area contributed by atoms with E-state index in [4.69, 9.17) is 0 Å². The second-order valence-electron chi connectivity index (χ2n) is 3.76. The smallest absolute Gasteiger partial charge is 0.151 e. The molecule has 3 nitrogen and oxygen atoms in total. The van der Waals surface area contributed by atoms with Gasteiger partial charge in [-0.3, -0.25) is 0 Å². The van der Waals surface area contributed by atoms with E-state index in [2.05, 4.69) is 20.9 Å². The Kier molecular flexibility index (Phi) is 2.37. The Morgan fingerprint density at radius 1 is 1.12 bits per heavy atom. The number of nitrogens with zero attached hydrogens (tertiary/aromatic N) is 2. The van der Waals surface area contributed by atoms with E-state index in [0.29, 0.717) is 0 Å². The molecule has 3 rings (SSSR count). The van der Waals surface area contributed by atoms with Crippen LogP contribution >= 0.6 is 15.9 Å². The highest BCUT2D eigenvalue weighted by Gasteiger charge is 2.06. The highest BCUT2D eigenvalue weighted by atomic mass is 79.9. The Morgan fingerprint density at radius 3 is 2.59 bits per heavy atom. The maximum Gasteiger partial charge on any atom is 0.151 e. The molecule has 17 heavy (non-hydrogen) atoms. The summed E-state index contributed by atoms with van der Waals surface area (Å²) in [4.78, 5) is 4.55. The van der Waals surface area contributed by atoms with Crippen LogP contribution in [-0.4, -0.2) is 14.5 Å². The number of halogens is 1. The predicted molar refractivity (Wildman–Crippen MR) is 70.0 cm³/mol. The molecular formula is C13H9BrN2O.